The first-order chi connectivity index (χ1) is 16.5. The first-order valence-corrected chi connectivity index (χ1v) is 12.0. The normalized spacial score (nSPS) is 13.4. The van der Waals surface area contributed by atoms with Crippen molar-refractivity contribution in [1.29, 1.82) is 0 Å². The Balaban J connectivity index is 1.83. The molecule has 184 valence electrons. The Bertz CT molecular complexity index is 959. The number of anilines is 2. The second kappa shape index (κ2) is 12.2. The number of rotatable bonds is 10. The fourth-order valence-corrected chi connectivity index (χ4v) is 3.99. The number of ether oxygens (including phenoxy) is 3. The number of benzene rings is 2. The maximum atomic E-state index is 13.3. The SMILES string of the molecule is CCOc1cc(C(=O)Nc2ccccc2N2CCN(C(=O)CC)CC2)cc(OCC)c1OCC. The zero-order chi connectivity index (χ0) is 24.5. The van der Waals surface area contributed by atoms with Gasteiger partial charge in [0, 0.05) is 38.2 Å². The molecule has 0 saturated carbocycles. The number of para-hydroxylation sites is 2. The molecule has 0 spiro atoms. The van der Waals surface area contributed by atoms with E-state index < -0.39 is 0 Å². The quantitative estimate of drug-likeness (QED) is 0.562. The summed E-state index contributed by atoms with van der Waals surface area (Å²) in [5.41, 5.74) is 2.07. The van der Waals surface area contributed by atoms with Crippen LogP contribution < -0.4 is 24.4 Å². The lowest BCUT2D eigenvalue weighted by Crippen LogP contribution is -2.48. The van der Waals surface area contributed by atoms with Gasteiger partial charge in [0.15, 0.2) is 11.5 Å². The van der Waals surface area contributed by atoms with Gasteiger partial charge < -0.3 is 29.3 Å². The second-order valence-electron chi connectivity index (χ2n) is 7.79. The van der Waals surface area contributed by atoms with Gasteiger partial charge >= 0.3 is 0 Å². The fourth-order valence-electron chi connectivity index (χ4n) is 3.99. The molecule has 0 aromatic heterocycles. The summed E-state index contributed by atoms with van der Waals surface area (Å²) in [6.45, 7) is 11.6. The van der Waals surface area contributed by atoms with Gasteiger partial charge in [0.2, 0.25) is 11.7 Å². The Hall–Kier alpha value is -3.42. The third kappa shape index (κ3) is 5.92. The second-order valence-corrected chi connectivity index (χ2v) is 7.79. The van der Waals surface area contributed by atoms with Crippen molar-refractivity contribution < 1.29 is 23.8 Å². The summed E-state index contributed by atoms with van der Waals surface area (Å²) in [6.07, 6.45) is 0.516. The van der Waals surface area contributed by atoms with Crippen molar-refractivity contribution in [2.75, 3.05) is 56.2 Å². The van der Waals surface area contributed by atoms with Gasteiger partial charge in [-0.05, 0) is 45.0 Å². The maximum Gasteiger partial charge on any atom is 0.255 e. The van der Waals surface area contributed by atoms with Crippen molar-refractivity contribution in [1.82, 2.24) is 4.90 Å². The monoisotopic (exact) mass is 469 g/mol. The molecule has 0 unspecified atom stereocenters. The minimum Gasteiger partial charge on any atom is -0.490 e. The predicted molar refractivity (Wildman–Crippen MR) is 133 cm³/mol. The number of carbonyl (C=O) groups excluding carboxylic acids is 2. The highest BCUT2D eigenvalue weighted by Gasteiger charge is 2.23. The van der Waals surface area contributed by atoms with Crippen LogP contribution in [-0.2, 0) is 4.79 Å². The van der Waals surface area contributed by atoms with E-state index in [9.17, 15) is 9.59 Å². The molecule has 2 aromatic rings. The van der Waals surface area contributed by atoms with Gasteiger partial charge in [-0.2, -0.15) is 0 Å². The lowest BCUT2D eigenvalue weighted by atomic mass is 10.1. The van der Waals surface area contributed by atoms with Crippen LogP contribution in [0.3, 0.4) is 0 Å². The maximum absolute atomic E-state index is 13.3. The predicted octanol–water partition coefficient (Wildman–Crippen LogP) is 4.19. The molecule has 0 radical (unpaired) electrons. The first kappa shape index (κ1) is 25.2. The molecule has 3 rings (SSSR count). The lowest BCUT2D eigenvalue weighted by Gasteiger charge is -2.36. The molecule has 34 heavy (non-hydrogen) atoms. The molecule has 1 heterocycles. The molecule has 1 aliphatic heterocycles. The van der Waals surface area contributed by atoms with Crippen LogP contribution in [0.4, 0.5) is 11.4 Å². The number of hydrogen-bond donors (Lipinski definition) is 1. The number of carbonyl (C=O) groups is 2. The smallest absolute Gasteiger partial charge is 0.255 e. The number of nitrogens with one attached hydrogen (secondary N) is 1. The van der Waals surface area contributed by atoms with Gasteiger partial charge in [0.1, 0.15) is 0 Å². The van der Waals surface area contributed by atoms with Gasteiger partial charge in [-0.25, -0.2) is 0 Å². The summed E-state index contributed by atoms with van der Waals surface area (Å²) < 4.78 is 17.2. The lowest BCUT2D eigenvalue weighted by molar-refractivity contribution is -0.131. The summed E-state index contributed by atoms with van der Waals surface area (Å²) in [5.74, 6) is 1.36. The molecular weight excluding hydrogens is 434 g/mol. The Labute approximate surface area is 201 Å². The van der Waals surface area contributed by atoms with Crippen LogP contribution in [-0.4, -0.2) is 62.7 Å². The van der Waals surface area contributed by atoms with Crippen molar-refractivity contribution in [3.8, 4) is 17.2 Å². The Morgan fingerprint density at radius 1 is 0.853 bits per heavy atom. The molecule has 8 nitrogen and oxygen atoms in total. The van der Waals surface area contributed by atoms with Crippen LogP contribution >= 0.6 is 0 Å². The van der Waals surface area contributed by atoms with E-state index in [1.165, 1.54) is 0 Å². The van der Waals surface area contributed by atoms with Crippen LogP contribution in [0.15, 0.2) is 36.4 Å². The highest BCUT2D eigenvalue weighted by atomic mass is 16.5. The topological polar surface area (TPSA) is 80.3 Å². The van der Waals surface area contributed by atoms with Crippen LogP contribution in [0, 0.1) is 0 Å². The van der Waals surface area contributed by atoms with E-state index in [1.54, 1.807) is 12.1 Å². The number of piperazine rings is 1. The van der Waals surface area contributed by atoms with E-state index in [1.807, 2.05) is 56.9 Å². The van der Waals surface area contributed by atoms with Gasteiger partial charge in [-0.1, -0.05) is 19.1 Å². The molecule has 1 saturated heterocycles. The van der Waals surface area contributed by atoms with Crippen molar-refractivity contribution in [2.24, 2.45) is 0 Å². The molecule has 1 N–H and O–H groups in total. The Morgan fingerprint density at radius 2 is 1.44 bits per heavy atom. The molecule has 1 fully saturated rings. The average Bonchev–Trinajstić information content (AvgIpc) is 2.86. The van der Waals surface area contributed by atoms with Crippen molar-refractivity contribution in [3.05, 3.63) is 42.0 Å². The summed E-state index contributed by atoms with van der Waals surface area (Å²) in [4.78, 5) is 29.4. The van der Waals surface area contributed by atoms with Crippen molar-refractivity contribution >= 4 is 23.2 Å². The van der Waals surface area contributed by atoms with Gasteiger partial charge in [-0.15, -0.1) is 0 Å². The highest BCUT2D eigenvalue weighted by molar-refractivity contribution is 6.06. The first-order valence-electron chi connectivity index (χ1n) is 12.0. The summed E-state index contributed by atoms with van der Waals surface area (Å²) in [5, 5.41) is 3.05. The van der Waals surface area contributed by atoms with E-state index in [0.717, 1.165) is 5.69 Å². The van der Waals surface area contributed by atoms with Gasteiger partial charge in [-0.3, -0.25) is 9.59 Å². The molecule has 2 aromatic carbocycles. The zero-order valence-electron chi connectivity index (χ0n) is 20.6. The molecule has 8 heteroatoms. The van der Waals surface area contributed by atoms with E-state index in [0.29, 0.717) is 80.9 Å². The van der Waals surface area contributed by atoms with Crippen LogP contribution in [0.2, 0.25) is 0 Å². The van der Waals surface area contributed by atoms with Crippen molar-refractivity contribution in [2.45, 2.75) is 34.1 Å². The summed E-state index contributed by atoms with van der Waals surface area (Å²) in [6, 6.07) is 11.1. The highest BCUT2D eigenvalue weighted by Crippen LogP contribution is 2.39. The average molecular weight is 470 g/mol. The van der Waals surface area contributed by atoms with Gasteiger partial charge in [0.05, 0.1) is 31.2 Å². The standard InChI is InChI=1S/C26H35N3O5/c1-5-24(30)29-15-13-28(14-16-29)21-12-10-9-11-20(21)27-26(31)19-17-22(32-6-2)25(34-8-4)23(18-19)33-7-3/h9-12,17-18H,5-8,13-16H2,1-4H3,(H,27,31). The third-order valence-electron chi connectivity index (χ3n) is 5.60. The fraction of sp³-hybridized carbons (Fsp3) is 0.462. The van der Waals surface area contributed by atoms with E-state index >= 15 is 0 Å². The minimum atomic E-state index is -0.266. The third-order valence-corrected chi connectivity index (χ3v) is 5.60. The Kier molecular flexibility index (Phi) is 9.01. The summed E-state index contributed by atoms with van der Waals surface area (Å²) in [7, 11) is 0. The van der Waals surface area contributed by atoms with E-state index in [-0.39, 0.29) is 11.8 Å². The molecule has 0 aliphatic carbocycles. The van der Waals surface area contributed by atoms with Crippen LogP contribution in [0.1, 0.15) is 44.5 Å². The summed E-state index contributed by atoms with van der Waals surface area (Å²) >= 11 is 0. The largest absolute Gasteiger partial charge is 0.490 e. The van der Waals surface area contributed by atoms with Crippen molar-refractivity contribution in [3.63, 3.8) is 0 Å². The van der Waals surface area contributed by atoms with Crippen LogP contribution in [0.5, 0.6) is 17.2 Å². The molecule has 0 bridgehead atoms. The van der Waals surface area contributed by atoms with Crippen LogP contribution in [0.25, 0.3) is 0 Å². The zero-order valence-corrected chi connectivity index (χ0v) is 20.6. The van der Waals surface area contributed by atoms with E-state index in [4.69, 9.17) is 14.2 Å². The molecule has 0 atom stereocenters. The molecule has 2 amide bonds. The minimum absolute atomic E-state index is 0.173. The number of amides is 2. The molecule has 1 aliphatic rings. The van der Waals surface area contributed by atoms with Gasteiger partial charge in [0.25, 0.3) is 5.91 Å². The number of hydrogen-bond acceptors (Lipinski definition) is 6. The molecular formula is C26H35N3O5. The van der Waals surface area contributed by atoms with E-state index in [2.05, 4.69) is 10.2 Å². The Morgan fingerprint density at radius 3 is 2.00 bits per heavy atom. The number of nitrogens with zero attached hydrogens (tertiary/aromatic N) is 2.